The molecule has 0 bridgehead atoms. The second kappa shape index (κ2) is 9.76. The van der Waals surface area contributed by atoms with Crippen LogP contribution in [0, 0.1) is 5.41 Å². The molecule has 0 saturated carbocycles. The number of hydrogen-bond donors (Lipinski definition) is 3. The number of nitrogens with zero attached hydrogens (tertiary/aromatic N) is 1. The molecule has 0 radical (unpaired) electrons. The average molecular weight is 459 g/mol. The molecule has 1 aromatic carbocycles. The first-order chi connectivity index (χ1) is 14.7. The largest absolute Gasteiger partial charge is 0.465 e. The third kappa shape index (κ3) is 6.84. The maximum Gasteiger partial charge on any atom is 0.416 e. The van der Waals surface area contributed by atoms with E-state index in [-0.39, 0.29) is 30.2 Å². The lowest BCUT2D eigenvalue weighted by atomic mass is 9.90. The van der Waals surface area contributed by atoms with Crippen molar-refractivity contribution in [3.05, 3.63) is 35.4 Å². The molecule has 1 heterocycles. The molecule has 1 aliphatic rings. The molecule has 1 aromatic rings. The highest BCUT2D eigenvalue weighted by molar-refractivity contribution is 5.96. The van der Waals surface area contributed by atoms with Crippen molar-refractivity contribution in [3.8, 4) is 0 Å². The highest BCUT2D eigenvalue weighted by atomic mass is 19.4. The smallest absolute Gasteiger partial charge is 0.416 e. The third-order valence-corrected chi connectivity index (χ3v) is 5.34. The van der Waals surface area contributed by atoms with Gasteiger partial charge in [-0.25, -0.2) is 4.79 Å². The summed E-state index contributed by atoms with van der Waals surface area (Å²) < 4.78 is 44.4. The van der Waals surface area contributed by atoms with Gasteiger partial charge in [-0.1, -0.05) is 26.8 Å². The molecule has 11 heteroatoms. The first kappa shape index (κ1) is 25.4. The summed E-state index contributed by atoms with van der Waals surface area (Å²) in [5.74, 6) is -1.45. The Morgan fingerprint density at radius 2 is 1.88 bits per heavy atom. The van der Waals surface area contributed by atoms with Gasteiger partial charge in [0.15, 0.2) is 0 Å². The number of halogens is 3. The fraction of sp³-hybridized carbons (Fsp3) is 0.571. The monoisotopic (exact) mass is 459 g/mol. The van der Waals surface area contributed by atoms with Gasteiger partial charge in [0.05, 0.1) is 36.9 Å². The van der Waals surface area contributed by atoms with Crippen molar-refractivity contribution in [1.82, 2.24) is 15.5 Å². The quantitative estimate of drug-likeness (QED) is 0.606. The van der Waals surface area contributed by atoms with E-state index >= 15 is 0 Å². The van der Waals surface area contributed by atoms with Crippen LogP contribution in [0.1, 0.15) is 43.6 Å². The zero-order valence-corrected chi connectivity index (χ0v) is 18.3. The van der Waals surface area contributed by atoms with Crippen molar-refractivity contribution in [2.24, 2.45) is 5.41 Å². The van der Waals surface area contributed by atoms with Gasteiger partial charge in [-0.3, -0.25) is 9.59 Å². The van der Waals surface area contributed by atoms with Crippen LogP contribution in [0.15, 0.2) is 24.3 Å². The Bertz CT molecular complexity index is 854. The standard InChI is InChI=1S/C21H28F3N3O5/c1-12(20(2,3)4)32-16-11-27(19(30)31)10-15(16)26-17(28)9-25-18(29)13-6-5-7-14(8-13)21(22,23)24/h5-8,12,15-16H,9-11H2,1-4H3,(H,25,29)(H,26,28)(H,30,31)/t12?,15-,16-/m0/s1. The van der Waals surface area contributed by atoms with Crippen LogP contribution in [0.3, 0.4) is 0 Å². The summed E-state index contributed by atoms with van der Waals surface area (Å²) in [6, 6.07) is 3.23. The molecule has 178 valence electrons. The molecule has 1 unspecified atom stereocenters. The number of nitrogens with one attached hydrogen (secondary N) is 2. The molecular weight excluding hydrogens is 431 g/mol. The zero-order chi connectivity index (χ0) is 24.3. The molecule has 1 saturated heterocycles. The average Bonchev–Trinajstić information content (AvgIpc) is 3.07. The van der Waals surface area contributed by atoms with E-state index in [9.17, 15) is 32.7 Å². The summed E-state index contributed by atoms with van der Waals surface area (Å²) in [6.45, 7) is 7.38. The number of rotatable bonds is 6. The first-order valence-electron chi connectivity index (χ1n) is 10.1. The molecule has 0 aromatic heterocycles. The van der Waals surface area contributed by atoms with Gasteiger partial charge in [-0.15, -0.1) is 0 Å². The predicted molar refractivity (Wildman–Crippen MR) is 109 cm³/mol. The van der Waals surface area contributed by atoms with Crippen LogP contribution >= 0.6 is 0 Å². The molecule has 32 heavy (non-hydrogen) atoms. The second-order valence-electron chi connectivity index (χ2n) is 8.81. The van der Waals surface area contributed by atoms with Crippen LogP contribution in [0.25, 0.3) is 0 Å². The van der Waals surface area contributed by atoms with Crippen LogP contribution < -0.4 is 10.6 Å². The van der Waals surface area contributed by atoms with Crippen molar-refractivity contribution in [2.45, 2.75) is 52.1 Å². The van der Waals surface area contributed by atoms with E-state index in [2.05, 4.69) is 10.6 Å². The van der Waals surface area contributed by atoms with Gasteiger partial charge in [0.2, 0.25) is 5.91 Å². The second-order valence-corrected chi connectivity index (χ2v) is 8.81. The van der Waals surface area contributed by atoms with Crippen molar-refractivity contribution in [1.29, 1.82) is 0 Å². The van der Waals surface area contributed by atoms with Gasteiger partial charge in [0, 0.05) is 12.1 Å². The van der Waals surface area contributed by atoms with Crippen LogP contribution in [0.4, 0.5) is 18.0 Å². The number of amides is 3. The van der Waals surface area contributed by atoms with Gasteiger partial charge in [-0.2, -0.15) is 13.2 Å². The van der Waals surface area contributed by atoms with E-state index in [0.717, 1.165) is 17.0 Å². The van der Waals surface area contributed by atoms with Crippen molar-refractivity contribution in [2.75, 3.05) is 19.6 Å². The summed E-state index contributed by atoms with van der Waals surface area (Å²) in [6.07, 6.45) is -6.54. The van der Waals surface area contributed by atoms with Gasteiger partial charge in [0.25, 0.3) is 5.91 Å². The molecule has 0 spiro atoms. The van der Waals surface area contributed by atoms with Crippen molar-refractivity contribution in [3.63, 3.8) is 0 Å². The van der Waals surface area contributed by atoms with E-state index in [1.54, 1.807) is 0 Å². The van der Waals surface area contributed by atoms with Crippen molar-refractivity contribution < 1.29 is 37.4 Å². The molecule has 3 atom stereocenters. The Morgan fingerprint density at radius 1 is 1.22 bits per heavy atom. The summed E-state index contributed by atoms with van der Waals surface area (Å²) in [5, 5.41) is 14.2. The fourth-order valence-corrected chi connectivity index (χ4v) is 3.03. The Morgan fingerprint density at radius 3 is 2.44 bits per heavy atom. The molecular formula is C21H28F3N3O5. The number of alkyl halides is 3. The lowest BCUT2D eigenvalue weighted by molar-refractivity contribution is -0.137. The topological polar surface area (TPSA) is 108 Å². The summed E-state index contributed by atoms with van der Waals surface area (Å²) in [7, 11) is 0. The Kier molecular flexibility index (Phi) is 7.76. The van der Waals surface area contributed by atoms with Gasteiger partial charge in [0.1, 0.15) is 0 Å². The summed E-state index contributed by atoms with van der Waals surface area (Å²) >= 11 is 0. The molecule has 3 N–H and O–H groups in total. The lowest BCUT2D eigenvalue weighted by Gasteiger charge is -2.32. The highest BCUT2D eigenvalue weighted by Crippen LogP contribution is 2.29. The molecule has 3 amide bonds. The van der Waals surface area contributed by atoms with E-state index in [0.29, 0.717) is 6.07 Å². The molecule has 2 rings (SSSR count). The number of carboxylic acid groups (broad SMARTS) is 1. The number of carbonyl (C=O) groups is 3. The van der Waals surface area contributed by atoms with Crippen molar-refractivity contribution >= 4 is 17.9 Å². The molecule has 8 nitrogen and oxygen atoms in total. The number of hydrogen-bond acceptors (Lipinski definition) is 4. The van der Waals surface area contributed by atoms with E-state index in [1.165, 1.54) is 6.07 Å². The molecule has 1 fully saturated rings. The van der Waals surface area contributed by atoms with Crippen LogP contribution in [-0.2, 0) is 15.7 Å². The maximum absolute atomic E-state index is 12.8. The zero-order valence-electron chi connectivity index (χ0n) is 18.3. The van der Waals surface area contributed by atoms with Gasteiger partial charge < -0.3 is 25.4 Å². The minimum absolute atomic E-state index is 0.0180. The van der Waals surface area contributed by atoms with E-state index in [1.807, 2.05) is 27.7 Å². The summed E-state index contributed by atoms with van der Waals surface area (Å²) in [4.78, 5) is 37.0. The SMILES string of the molecule is CC(O[C@H]1CN(C(=O)O)C[C@@H]1NC(=O)CNC(=O)c1cccc(C(F)(F)F)c1)C(C)(C)C. The van der Waals surface area contributed by atoms with Crippen LogP contribution in [0.2, 0.25) is 0 Å². The number of ether oxygens (including phenoxy) is 1. The minimum Gasteiger partial charge on any atom is -0.465 e. The van der Waals surface area contributed by atoms with E-state index < -0.39 is 48.3 Å². The fourth-order valence-electron chi connectivity index (χ4n) is 3.03. The molecule has 0 aliphatic carbocycles. The minimum atomic E-state index is -4.59. The lowest BCUT2D eigenvalue weighted by Crippen LogP contribution is -2.49. The normalized spacial score (nSPS) is 20.0. The number of carbonyl (C=O) groups excluding carboxylic acids is 2. The number of likely N-dealkylation sites (tertiary alicyclic amines) is 1. The third-order valence-electron chi connectivity index (χ3n) is 5.34. The maximum atomic E-state index is 12.8. The van der Waals surface area contributed by atoms with Gasteiger partial charge >= 0.3 is 12.3 Å². The molecule has 1 aliphatic heterocycles. The predicted octanol–water partition coefficient (Wildman–Crippen LogP) is 2.73. The Labute approximate surface area is 184 Å². The first-order valence-corrected chi connectivity index (χ1v) is 10.1. The van der Waals surface area contributed by atoms with Crippen LogP contribution in [0.5, 0.6) is 0 Å². The highest BCUT2D eigenvalue weighted by Gasteiger charge is 2.39. The van der Waals surface area contributed by atoms with Gasteiger partial charge in [-0.05, 0) is 30.5 Å². The Hall–Kier alpha value is -2.82. The van der Waals surface area contributed by atoms with Crippen LogP contribution in [-0.4, -0.2) is 65.8 Å². The Balaban J connectivity index is 1.97. The summed E-state index contributed by atoms with van der Waals surface area (Å²) in [5.41, 5.74) is -1.41. The van der Waals surface area contributed by atoms with E-state index in [4.69, 9.17) is 4.74 Å². The number of benzene rings is 1.